The van der Waals surface area contributed by atoms with E-state index in [2.05, 4.69) is 10.3 Å². The van der Waals surface area contributed by atoms with Gasteiger partial charge in [-0.25, -0.2) is 4.98 Å². The number of aromatic nitrogens is 2. The van der Waals surface area contributed by atoms with E-state index in [-0.39, 0.29) is 23.2 Å². The number of rotatable bonds is 6. The fourth-order valence-corrected chi connectivity index (χ4v) is 4.15. The lowest BCUT2D eigenvalue weighted by Gasteiger charge is -2.23. The summed E-state index contributed by atoms with van der Waals surface area (Å²) in [6.07, 6.45) is 1.20. The van der Waals surface area contributed by atoms with Crippen LogP contribution in [0.1, 0.15) is 73.3 Å². The highest BCUT2D eigenvalue weighted by Gasteiger charge is 2.32. The van der Waals surface area contributed by atoms with E-state index in [0.717, 1.165) is 37.8 Å². The summed E-state index contributed by atoms with van der Waals surface area (Å²) in [6, 6.07) is 4.65. The Kier molecular flexibility index (Phi) is 7.01. The fraction of sp³-hybridized carbons (Fsp3) is 0.545. The molecule has 1 fully saturated rings. The number of imidazole rings is 1. The van der Waals surface area contributed by atoms with Crippen molar-refractivity contribution >= 4 is 17.5 Å². The Morgan fingerprint density at radius 2 is 1.81 bits per heavy atom. The molecule has 1 aliphatic rings. The van der Waals surface area contributed by atoms with Crippen LogP contribution in [0.15, 0.2) is 24.3 Å². The Labute approximate surface area is 184 Å². The van der Waals surface area contributed by atoms with Crippen molar-refractivity contribution in [1.29, 1.82) is 0 Å². The summed E-state index contributed by atoms with van der Waals surface area (Å²) in [6.45, 7) is 3.58. The van der Waals surface area contributed by atoms with Gasteiger partial charge in [0.05, 0.1) is 12.1 Å². The zero-order valence-electron chi connectivity index (χ0n) is 17.6. The lowest BCUT2D eigenvalue weighted by atomic mass is 9.89. The molecule has 0 atom stereocenters. The molecule has 2 aromatic rings. The van der Waals surface area contributed by atoms with Gasteiger partial charge in [0, 0.05) is 6.54 Å². The molecule has 1 aromatic heterocycles. The molecule has 1 amide bonds. The molecular formula is C22H27ClF3N3O2. The molecule has 9 heteroatoms. The molecule has 0 saturated heterocycles. The topological polar surface area (TPSA) is 67.2 Å². The third-order valence-corrected chi connectivity index (χ3v) is 5.90. The van der Waals surface area contributed by atoms with Gasteiger partial charge in [-0.1, -0.05) is 31.4 Å². The summed E-state index contributed by atoms with van der Waals surface area (Å²) in [7, 11) is 0. The predicted molar refractivity (Wildman–Crippen MR) is 112 cm³/mol. The van der Waals surface area contributed by atoms with E-state index < -0.39 is 23.2 Å². The Morgan fingerprint density at radius 3 is 2.35 bits per heavy atom. The van der Waals surface area contributed by atoms with Crippen molar-refractivity contribution in [3.05, 3.63) is 52.1 Å². The second-order valence-electron chi connectivity index (χ2n) is 8.63. The first-order valence-electron chi connectivity index (χ1n) is 10.4. The third kappa shape index (κ3) is 5.80. The van der Waals surface area contributed by atoms with Crippen molar-refractivity contribution in [2.45, 2.75) is 64.3 Å². The van der Waals surface area contributed by atoms with Crippen LogP contribution in [0.2, 0.25) is 5.28 Å². The van der Waals surface area contributed by atoms with Crippen LogP contribution in [0, 0.1) is 5.92 Å². The zero-order chi connectivity index (χ0) is 22.8. The summed E-state index contributed by atoms with van der Waals surface area (Å²) in [5.41, 5.74) is -1.41. The van der Waals surface area contributed by atoms with Gasteiger partial charge in [-0.2, -0.15) is 13.2 Å². The highest BCUT2D eigenvalue weighted by molar-refractivity contribution is 6.28. The van der Waals surface area contributed by atoms with Crippen LogP contribution in [0.3, 0.4) is 0 Å². The van der Waals surface area contributed by atoms with Gasteiger partial charge in [-0.3, -0.25) is 4.79 Å². The molecule has 1 heterocycles. The number of carbonyl (C=O) groups excluding carboxylic acids is 1. The van der Waals surface area contributed by atoms with Crippen molar-refractivity contribution in [2.24, 2.45) is 5.92 Å². The van der Waals surface area contributed by atoms with Gasteiger partial charge in [0.2, 0.25) is 5.28 Å². The van der Waals surface area contributed by atoms with Crippen molar-refractivity contribution in [3.63, 3.8) is 0 Å². The predicted octanol–water partition coefficient (Wildman–Crippen LogP) is 5.14. The van der Waals surface area contributed by atoms with Crippen LogP contribution in [0.4, 0.5) is 13.2 Å². The first kappa shape index (κ1) is 23.6. The first-order valence-corrected chi connectivity index (χ1v) is 10.8. The Bertz CT molecular complexity index is 912. The van der Waals surface area contributed by atoms with E-state index in [1.165, 1.54) is 37.0 Å². The Morgan fingerprint density at radius 1 is 1.19 bits per heavy atom. The molecule has 31 heavy (non-hydrogen) atoms. The number of aliphatic hydroxyl groups is 1. The quantitative estimate of drug-likeness (QED) is 0.631. The zero-order valence-corrected chi connectivity index (χ0v) is 18.4. The fourth-order valence-electron chi connectivity index (χ4n) is 3.92. The largest absolute Gasteiger partial charge is 0.416 e. The second kappa shape index (κ2) is 9.20. The molecule has 170 valence electrons. The average Bonchev–Trinajstić information content (AvgIpc) is 3.03. The van der Waals surface area contributed by atoms with Gasteiger partial charge < -0.3 is 15.0 Å². The summed E-state index contributed by atoms with van der Waals surface area (Å²) >= 11 is 6.28. The lowest BCUT2D eigenvalue weighted by molar-refractivity contribution is -0.137. The number of alkyl halides is 3. The molecule has 1 aliphatic carbocycles. The highest BCUT2D eigenvalue weighted by atomic mass is 35.5. The van der Waals surface area contributed by atoms with Gasteiger partial charge >= 0.3 is 6.18 Å². The van der Waals surface area contributed by atoms with E-state index in [9.17, 15) is 23.1 Å². The van der Waals surface area contributed by atoms with E-state index in [0.29, 0.717) is 18.0 Å². The van der Waals surface area contributed by atoms with Gasteiger partial charge in [0.1, 0.15) is 17.0 Å². The Hall–Kier alpha value is -2.06. The van der Waals surface area contributed by atoms with Crippen LogP contribution in [-0.2, 0) is 18.3 Å². The monoisotopic (exact) mass is 457 g/mol. The van der Waals surface area contributed by atoms with Crippen LogP contribution in [-0.4, -0.2) is 27.1 Å². The summed E-state index contributed by atoms with van der Waals surface area (Å²) in [4.78, 5) is 17.3. The van der Waals surface area contributed by atoms with Crippen molar-refractivity contribution in [1.82, 2.24) is 14.9 Å². The van der Waals surface area contributed by atoms with Crippen LogP contribution < -0.4 is 5.32 Å². The maximum Gasteiger partial charge on any atom is 0.416 e. The van der Waals surface area contributed by atoms with E-state index in [1.54, 1.807) is 0 Å². The minimum absolute atomic E-state index is 0.0140. The van der Waals surface area contributed by atoms with Crippen LogP contribution in [0.25, 0.3) is 0 Å². The van der Waals surface area contributed by atoms with Crippen molar-refractivity contribution < 1.29 is 23.1 Å². The minimum Gasteiger partial charge on any atom is -0.384 e. The van der Waals surface area contributed by atoms with Crippen LogP contribution >= 0.6 is 11.6 Å². The lowest BCUT2D eigenvalue weighted by Crippen LogP contribution is -2.34. The number of hydrogen-bond donors (Lipinski definition) is 2. The maximum absolute atomic E-state index is 13.1. The third-order valence-electron chi connectivity index (χ3n) is 5.61. The minimum atomic E-state index is -4.43. The molecular weight excluding hydrogens is 431 g/mol. The number of benzene rings is 1. The smallest absolute Gasteiger partial charge is 0.384 e. The molecule has 3 rings (SSSR count). The van der Waals surface area contributed by atoms with Crippen LogP contribution in [0.5, 0.6) is 0 Å². The first-order chi connectivity index (χ1) is 14.5. The normalized spacial score (nSPS) is 15.8. The molecule has 2 N–H and O–H groups in total. The SMILES string of the molecule is CC(C)(O)c1nc(Cl)n(Cc2ccc(C(F)(F)F)cc2)c1C(=O)NCC1CCCCC1. The molecule has 0 spiro atoms. The molecule has 0 unspecified atom stereocenters. The van der Waals surface area contributed by atoms with Crippen molar-refractivity contribution in [3.8, 4) is 0 Å². The molecule has 1 aromatic carbocycles. The summed E-state index contributed by atoms with van der Waals surface area (Å²) in [5.74, 6) is -0.000877. The molecule has 0 radical (unpaired) electrons. The molecule has 5 nitrogen and oxygen atoms in total. The molecule has 1 saturated carbocycles. The summed E-state index contributed by atoms with van der Waals surface area (Å²) < 4.78 is 39.9. The number of carbonyl (C=O) groups is 1. The number of amides is 1. The highest BCUT2D eigenvalue weighted by Crippen LogP contribution is 2.31. The van der Waals surface area contributed by atoms with E-state index >= 15 is 0 Å². The van der Waals surface area contributed by atoms with Gasteiger partial charge in [-0.05, 0) is 61.9 Å². The standard InChI is InChI=1S/C22H27ClF3N3O2/c1-21(2,31)18-17(19(30)27-12-14-6-4-3-5-7-14)29(20(23)28-18)13-15-8-10-16(11-9-15)22(24,25)26/h8-11,14,31H,3-7,12-13H2,1-2H3,(H,27,30). The number of nitrogens with zero attached hydrogens (tertiary/aromatic N) is 2. The van der Waals surface area contributed by atoms with E-state index in [1.807, 2.05) is 0 Å². The van der Waals surface area contributed by atoms with Gasteiger partial charge in [-0.15, -0.1) is 0 Å². The van der Waals surface area contributed by atoms with Crippen molar-refractivity contribution in [2.75, 3.05) is 6.54 Å². The second-order valence-corrected chi connectivity index (χ2v) is 8.97. The maximum atomic E-state index is 13.1. The van der Waals surface area contributed by atoms with Gasteiger partial charge in [0.15, 0.2) is 0 Å². The Balaban J connectivity index is 1.87. The van der Waals surface area contributed by atoms with E-state index in [4.69, 9.17) is 11.6 Å². The molecule has 0 aliphatic heterocycles. The average molecular weight is 458 g/mol. The summed E-state index contributed by atoms with van der Waals surface area (Å²) in [5, 5.41) is 13.4. The molecule has 0 bridgehead atoms. The number of halogens is 4. The number of nitrogens with one attached hydrogen (secondary N) is 1. The number of hydrogen-bond acceptors (Lipinski definition) is 3. The van der Waals surface area contributed by atoms with Gasteiger partial charge in [0.25, 0.3) is 5.91 Å².